The lowest BCUT2D eigenvalue weighted by atomic mass is 10.1. The molecule has 2 N–H and O–H groups in total. The second-order valence-electron chi connectivity index (χ2n) is 6.79. The summed E-state index contributed by atoms with van der Waals surface area (Å²) < 4.78 is 30.1. The number of nitrogens with one attached hydrogen (secondary N) is 1. The van der Waals surface area contributed by atoms with Gasteiger partial charge in [-0.05, 0) is 48.1 Å². The van der Waals surface area contributed by atoms with Gasteiger partial charge in [0.05, 0.1) is 28.9 Å². The highest BCUT2D eigenvalue weighted by Crippen LogP contribution is 2.31. The third kappa shape index (κ3) is 3.63. The summed E-state index contributed by atoms with van der Waals surface area (Å²) in [4.78, 5) is 11.4. The highest BCUT2D eigenvalue weighted by atomic mass is 32.2. The Balaban J connectivity index is 1.61. The highest BCUT2D eigenvalue weighted by Gasteiger charge is 2.26. The smallest absolute Gasteiger partial charge is 0.335 e. The van der Waals surface area contributed by atoms with Crippen LogP contribution >= 0.6 is 0 Å². The molecule has 3 aromatic rings. The van der Waals surface area contributed by atoms with Crippen molar-refractivity contribution >= 4 is 21.7 Å². The molecule has 0 radical (unpaired) electrons. The minimum atomic E-state index is -3.92. The van der Waals surface area contributed by atoms with Gasteiger partial charge in [0.25, 0.3) is 10.0 Å². The number of fused-ring (bicyclic) bond motifs is 1. The maximum Gasteiger partial charge on any atom is 0.335 e. The van der Waals surface area contributed by atoms with Crippen molar-refractivity contribution in [2.75, 3.05) is 4.72 Å². The number of aromatic carboxylic acids is 1. The molecule has 0 saturated heterocycles. The molecule has 0 unspecified atom stereocenters. The Bertz CT molecular complexity index is 1140. The van der Waals surface area contributed by atoms with Gasteiger partial charge in [-0.2, -0.15) is 5.10 Å². The Labute approximate surface area is 162 Å². The number of carbonyl (C=O) groups is 1. The number of hydrogen-bond donors (Lipinski definition) is 2. The van der Waals surface area contributed by atoms with Crippen LogP contribution in [0.25, 0.3) is 0 Å². The molecule has 0 fully saturated rings. The van der Waals surface area contributed by atoms with Crippen molar-refractivity contribution in [3.8, 4) is 0 Å². The molecule has 1 aliphatic carbocycles. The summed E-state index contributed by atoms with van der Waals surface area (Å²) in [5, 5.41) is 13.5. The van der Waals surface area contributed by atoms with E-state index >= 15 is 0 Å². The zero-order chi connectivity index (χ0) is 19.7. The van der Waals surface area contributed by atoms with E-state index in [1.165, 1.54) is 12.3 Å². The van der Waals surface area contributed by atoms with E-state index < -0.39 is 16.0 Å². The number of sulfonamides is 1. The van der Waals surface area contributed by atoms with Gasteiger partial charge in [-0.1, -0.05) is 30.3 Å². The molecule has 144 valence electrons. The van der Waals surface area contributed by atoms with E-state index in [2.05, 4.69) is 9.82 Å². The topological polar surface area (TPSA) is 101 Å². The molecule has 4 rings (SSSR count). The van der Waals surface area contributed by atoms with Crippen LogP contribution in [-0.2, 0) is 29.4 Å². The first kappa shape index (κ1) is 18.2. The number of benzene rings is 2. The number of aromatic nitrogens is 2. The average molecular weight is 397 g/mol. The monoisotopic (exact) mass is 397 g/mol. The first-order valence-electron chi connectivity index (χ1n) is 8.91. The van der Waals surface area contributed by atoms with Crippen molar-refractivity contribution in [2.24, 2.45) is 0 Å². The fourth-order valence-corrected chi connectivity index (χ4v) is 4.88. The molecule has 1 aromatic heterocycles. The third-order valence-corrected chi connectivity index (χ3v) is 6.23. The molecular weight excluding hydrogens is 378 g/mol. The Morgan fingerprint density at radius 2 is 1.96 bits per heavy atom. The largest absolute Gasteiger partial charge is 0.478 e. The van der Waals surface area contributed by atoms with E-state index in [9.17, 15) is 18.3 Å². The standard InChI is InChI=1S/C20H19N3O4S/c24-20(25)16-9-15-7-4-8-18(15)19(10-16)28(26,27)22-17-11-21-23(13-17)12-14-5-2-1-3-6-14/h1-3,5-6,9-11,13,22H,4,7-8,12H2,(H,24,25). The highest BCUT2D eigenvalue weighted by molar-refractivity contribution is 7.92. The Morgan fingerprint density at radius 1 is 1.18 bits per heavy atom. The van der Waals surface area contributed by atoms with Crippen LogP contribution in [0.15, 0.2) is 59.8 Å². The van der Waals surface area contributed by atoms with Crippen molar-refractivity contribution in [2.45, 2.75) is 30.7 Å². The molecule has 2 aromatic carbocycles. The van der Waals surface area contributed by atoms with E-state index in [1.807, 2.05) is 30.3 Å². The van der Waals surface area contributed by atoms with Gasteiger partial charge in [-0.25, -0.2) is 13.2 Å². The number of nitrogens with zero attached hydrogens (tertiary/aromatic N) is 2. The van der Waals surface area contributed by atoms with Gasteiger partial charge in [0.15, 0.2) is 0 Å². The molecule has 1 aliphatic rings. The Kier molecular flexibility index (Phi) is 4.64. The van der Waals surface area contributed by atoms with Crippen LogP contribution in [0.1, 0.15) is 33.5 Å². The molecule has 0 saturated carbocycles. The van der Waals surface area contributed by atoms with Gasteiger partial charge in [-0.3, -0.25) is 9.40 Å². The number of aryl methyl sites for hydroxylation is 1. The van der Waals surface area contributed by atoms with Crippen LogP contribution in [0.4, 0.5) is 5.69 Å². The molecule has 0 atom stereocenters. The van der Waals surface area contributed by atoms with Crippen LogP contribution in [0.3, 0.4) is 0 Å². The lowest BCUT2D eigenvalue weighted by Gasteiger charge is -2.12. The summed E-state index contributed by atoms with van der Waals surface area (Å²) in [7, 11) is -3.92. The van der Waals surface area contributed by atoms with Crippen molar-refractivity contribution in [1.29, 1.82) is 0 Å². The molecule has 1 heterocycles. The summed E-state index contributed by atoms with van der Waals surface area (Å²) in [5.41, 5.74) is 2.87. The summed E-state index contributed by atoms with van der Waals surface area (Å²) in [5.74, 6) is -1.14. The molecule has 0 spiro atoms. The van der Waals surface area contributed by atoms with Gasteiger partial charge >= 0.3 is 5.97 Å². The number of carboxylic acids is 1. The predicted octanol–water partition coefficient (Wildman–Crippen LogP) is 2.92. The zero-order valence-electron chi connectivity index (χ0n) is 15.0. The van der Waals surface area contributed by atoms with Gasteiger partial charge in [-0.15, -0.1) is 0 Å². The van der Waals surface area contributed by atoms with Crippen LogP contribution in [0, 0.1) is 0 Å². The first-order chi connectivity index (χ1) is 13.4. The molecule has 0 aliphatic heterocycles. The van der Waals surface area contributed by atoms with Crippen LogP contribution in [-0.4, -0.2) is 29.3 Å². The van der Waals surface area contributed by atoms with E-state index in [-0.39, 0.29) is 10.5 Å². The summed E-state index contributed by atoms with van der Waals surface area (Å²) in [6.07, 6.45) is 5.19. The lowest BCUT2D eigenvalue weighted by Crippen LogP contribution is -2.16. The van der Waals surface area contributed by atoms with Crippen molar-refractivity contribution < 1.29 is 18.3 Å². The molecular formula is C20H19N3O4S. The Morgan fingerprint density at radius 3 is 2.71 bits per heavy atom. The molecule has 0 bridgehead atoms. The van der Waals surface area contributed by atoms with Crippen LogP contribution < -0.4 is 4.72 Å². The van der Waals surface area contributed by atoms with E-state index in [0.717, 1.165) is 17.5 Å². The molecule has 7 nitrogen and oxygen atoms in total. The maximum absolute atomic E-state index is 13.0. The molecule has 28 heavy (non-hydrogen) atoms. The van der Waals surface area contributed by atoms with E-state index in [0.29, 0.717) is 30.6 Å². The van der Waals surface area contributed by atoms with E-state index in [1.54, 1.807) is 16.9 Å². The summed E-state index contributed by atoms with van der Waals surface area (Å²) in [6.45, 7) is 0.520. The van der Waals surface area contributed by atoms with Gasteiger partial charge in [0, 0.05) is 6.20 Å². The minimum absolute atomic E-state index is 0.0132. The molecule has 8 heteroatoms. The number of carboxylic acid groups (broad SMARTS) is 1. The number of hydrogen-bond acceptors (Lipinski definition) is 4. The van der Waals surface area contributed by atoms with Crippen LogP contribution in [0.2, 0.25) is 0 Å². The first-order valence-corrected chi connectivity index (χ1v) is 10.4. The maximum atomic E-state index is 13.0. The van der Waals surface area contributed by atoms with Crippen molar-refractivity contribution in [3.63, 3.8) is 0 Å². The second kappa shape index (κ2) is 7.12. The van der Waals surface area contributed by atoms with Crippen molar-refractivity contribution in [3.05, 3.63) is 77.1 Å². The normalized spacial score (nSPS) is 13.3. The van der Waals surface area contributed by atoms with Gasteiger partial charge in [0.2, 0.25) is 0 Å². The minimum Gasteiger partial charge on any atom is -0.478 e. The number of anilines is 1. The fourth-order valence-electron chi connectivity index (χ4n) is 3.51. The van der Waals surface area contributed by atoms with Crippen LogP contribution in [0.5, 0.6) is 0 Å². The predicted molar refractivity (Wildman–Crippen MR) is 104 cm³/mol. The fraction of sp³-hybridized carbons (Fsp3) is 0.200. The van der Waals surface area contributed by atoms with Gasteiger partial charge in [0.1, 0.15) is 0 Å². The summed E-state index contributed by atoms with van der Waals surface area (Å²) in [6, 6.07) is 12.5. The third-order valence-electron chi connectivity index (χ3n) is 4.78. The quantitative estimate of drug-likeness (QED) is 0.666. The average Bonchev–Trinajstić information content (AvgIpc) is 3.30. The SMILES string of the molecule is O=C(O)c1cc2c(c(S(=O)(=O)Nc3cnn(Cc4ccccc4)c3)c1)CCC2. The number of rotatable bonds is 6. The zero-order valence-corrected chi connectivity index (χ0v) is 15.8. The van der Waals surface area contributed by atoms with E-state index in [4.69, 9.17) is 0 Å². The Hall–Kier alpha value is -3.13. The lowest BCUT2D eigenvalue weighted by molar-refractivity contribution is 0.0696. The second-order valence-corrected chi connectivity index (χ2v) is 8.44. The molecule has 0 amide bonds. The summed E-state index contributed by atoms with van der Waals surface area (Å²) >= 11 is 0. The van der Waals surface area contributed by atoms with Crippen molar-refractivity contribution in [1.82, 2.24) is 9.78 Å². The van der Waals surface area contributed by atoms with Gasteiger partial charge < -0.3 is 5.11 Å².